The second kappa shape index (κ2) is 7.35. The van der Waals surface area contributed by atoms with Crippen molar-refractivity contribution in [3.63, 3.8) is 0 Å². The van der Waals surface area contributed by atoms with Gasteiger partial charge in [-0.05, 0) is 30.1 Å². The van der Waals surface area contributed by atoms with E-state index in [1.165, 1.54) is 12.8 Å². The van der Waals surface area contributed by atoms with Crippen LogP contribution >= 0.6 is 0 Å². The SMILES string of the molecule is CC(C)(C)C1(CC=CC(N)C(O)N[C@@H](C=O)CC(=O)O)CC1. The van der Waals surface area contributed by atoms with Gasteiger partial charge >= 0.3 is 5.97 Å². The molecular formula is C16H28N2O4. The topological polar surface area (TPSA) is 113 Å². The minimum atomic E-state index is -1.16. The van der Waals surface area contributed by atoms with Crippen LogP contribution in [0.2, 0.25) is 0 Å². The number of aldehydes is 1. The molecule has 6 nitrogen and oxygen atoms in total. The van der Waals surface area contributed by atoms with E-state index in [1.807, 2.05) is 6.08 Å². The number of aliphatic hydroxyl groups is 1. The molecule has 2 unspecified atom stereocenters. The van der Waals surface area contributed by atoms with Crippen molar-refractivity contribution >= 4 is 12.3 Å². The molecule has 0 aromatic heterocycles. The van der Waals surface area contributed by atoms with Gasteiger partial charge < -0.3 is 20.7 Å². The number of carbonyl (C=O) groups excluding carboxylic acids is 1. The summed E-state index contributed by atoms with van der Waals surface area (Å²) in [5.41, 5.74) is 6.40. The van der Waals surface area contributed by atoms with E-state index in [0.29, 0.717) is 11.7 Å². The van der Waals surface area contributed by atoms with Gasteiger partial charge in [0.25, 0.3) is 0 Å². The number of carboxylic acids is 1. The molecule has 0 amide bonds. The Bertz CT molecular complexity index is 424. The lowest BCUT2D eigenvalue weighted by atomic mass is 9.75. The lowest BCUT2D eigenvalue weighted by Gasteiger charge is -2.30. The second-order valence-corrected chi connectivity index (χ2v) is 7.19. The molecule has 1 aliphatic carbocycles. The minimum absolute atomic E-state index is 0.238. The van der Waals surface area contributed by atoms with Gasteiger partial charge in [0, 0.05) is 0 Å². The molecule has 0 aromatic carbocycles. The Labute approximate surface area is 131 Å². The zero-order valence-corrected chi connectivity index (χ0v) is 13.6. The number of nitrogens with two attached hydrogens (primary N) is 1. The molecule has 0 aromatic rings. The normalized spacial score (nSPS) is 21.3. The number of aliphatic carboxylic acids is 1. The third kappa shape index (κ3) is 5.19. The van der Waals surface area contributed by atoms with Crippen LogP contribution in [0.1, 0.15) is 46.5 Å². The molecule has 5 N–H and O–H groups in total. The van der Waals surface area contributed by atoms with Crippen LogP contribution in [0.4, 0.5) is 0 Å². The van der Waals surface area contributed by atoms with Gasteiger partial charge in [-0.3, -0.25) is 10.1 Å². The van der Waals surface area contributed by atoms with Gasteiger partial charge in [-0.15, -0.1) is 0 Å². The number of rotatable bonds is 9. The summed E-state index contributed by atoms with van der Waals surface area (Å²) in [4.78, 5) is 21.3. The van der Waals surface area contributed by atoms with Crippen molar-refractivity contribution in [3.05, 3.63) is 12.2 Å². The zero-order valence-electron chi connectivity index (χ0n) is 13.6. The molecule has 0 bridgehead atoms. The molecule has 22 heavy (non-hydrogen) atoms. The van der Waals surface area contributed by atoms with Crippen molar-refractivity contribution in [2.24, 2.45) is 16.6 Å². The largest absolute Gasteiger partial charge is 0.481 e. The maximum atomic E-state index is 10.8. The standard InChI is InChI=1S/C16H28N2O4/c1-15(2,3)16(7-8-16)6-4-5-12(17)14(22)18-11(10-19)9-13(20)21/h4-5,10-12,14,18,22H,6-9,17H2,1-3H3,(H,20,21)/t11-,12?,14?/m1/s1. The highest BCUT2D eigenvalue weighted by Crippen LogP contribution is 2.60. The number of nitrogens with one attached hydrogen (secondary N) is 1. The highest BCUT2D eigenvalue weighted by Gasteiger charge is 2.50. The van der Waals surface area contributed by atoms with Crippen LogP contribution in [0.15, 0.2) is 12.2 Å². The lowest BCUT2D eigenvalue weighted by molar-refractivity contribution is -0.138. The summed E-state index contributed by atoms with van der Waals surface area (Å²) >= 11 is 0. The van der Waals surface area contributed by atoms with E-state index in [0.717, 1.165) is 6.42 Å². The maximum absolute atomic E-state index is 10.8. The smallest absolute Gasteiger partial charge is 0.305 e. The van der Waals surface area contributed by atoms with Crippen molar-refractivity contribution in [1.82, 2.24) is 5.32 Å². The highest BCUT2D eigenvalue weighted by atomic mass is 16.4. The van der Waals surface area contributed by atoms with Gasteiger partial charge in [0.1, 0.15) is 12.5 Å². The van der Waals surface area contributed by atoms with Crippen molar-refractivity contribution in [1.29, 1.82) is 0 Å². The first-order valence-electron chi connectivity index (χ1n) is 7.65. The Kier molecular flexibility index (Phi) is 6.28. The predicted octanol–water partition coefficient (Wildman–Crippen LogP) is 1.04. The Morgan fingerprint density at radius 2 is 2.00 bits per heavy atom. The number of carbonyl (C=O) groups is 2. The molecule has 1 saturated carbocycles. The third-order valence-corrected chi connectivity index (χ3v) is 4.62. The summed E-state index contributed by atoms with van der Waals surface area (Å²) in [5, 5.41) is 21.1. The molecule has 1 rings (SSSR count). The summed E-state index contributed by atoms with van der Waals surface area (Å²) in [7, 11) is 0. The van der Waals surface area contributed by atoms with E-state index >= 15 is 0 Å². The average Bonchev–Trinajstić information content (AvgIpc) is 3.17. The Morgan fingerprint density at radius 1 is 1.41 bits per heavy atom. The fourth-order valence-electron chi connectivity index (χ4n) is 2.63. The summed E-state index contributed by atoms with van der Waals surface area (Å²) in [6.45, 7) is 6.68. The van der Waals surface area contributed by atoms with Crippen LogP contribution < -0.4 is 11.1 Å². The summed E-state index contributed by atoms with van der Waals surface area (Å²) in [6, 6.07) is -1.64. The van der Waals surface area contributed by atoms with Gasteiger partial charge in [0.05, 0.1) is 18.5 Å². The first-order valence-corrected chi connectivity index (χ1v) is 7.65. The van der Waals surface area contributed by atoms with E-state index in [2.05, 4.69) is 26.1 Å². The summed E-state index contributed by atoms with van der Waals surface area (Å²) in [5.74, 6) is -1.11. The van der Waals surface area contributed by atoms with E-state index in [4.69, 9.17) is 10.8 Å². The zero-order chi connectivity index (χ0) is 17.0. The molecule has 0 saturated heterocycles. The maximum Gasteiger partial charge on any atom is 0.305 e. The quantitative estimate of drug-likeness (QED) is 0.287. The highest BCUT2D eigenvalue weighted by molar-refractivity contribution is 5.73. The molecule has 0 spiro atoms. The Hall–Kier alpha value is -1.24. The van der Waals surface area contributed by atoms with Crippen LogP contribution in [0.25, 0.3) is 0 Å². The van der Waals surface area contributed by atoms with Gasteiger partial charge in [0.2, 0.25) is 0 Å². The lowest BCUT2D eigenvalue weighted by Crippen LogP contribution is -2.49. The van der Waals surface area contributed by atoms with Gasteiger partial charge in [-0.1, -0.05) is 32.9 Å². The molecular weight excluding hydrogens is 284 g/mol. The predicted molar refractivity (Wildman–Crippen MR) is 84.1 cm³/mol. The van der Waals surface area contributed by atoms with E-state index in [9.17, 15) is 14.7 Å². The first-order chi connectivity index (χ1) is 10.1. The van der Waals surface area contributed by atoms with Crippen LogP contribution in [0, 0.1) is 10.8 Å². The number of carboxylic acid groups (broad SMARTS) is 1. The minimum Gasteiger partial charge on any atom is -0.481 e. The Balaban J connectivity index is 2.47. The van der Waals surface area contributed by atoms with Crippen molar-refractivity contribution in [2.75, 3.05) is 0 Å². The molecule has 0 radical (unpaired) electrons. The second-order valence-electron chi connectivity index (χ2n) is 7.19. The molecule has 0 heterocycles. The van der Waals surface area contributed by atoms with Gasteiger partial charge in [-0.2, -0.15) is 0 Å². The average molecular weight is 312 g/mol. The molecule has 1 aliphatic rings. The number of allylic oxidation sites excluding steroid dienone is 1. The van der Waals surface area contributed by atoms with Crippen molar-refractivity contribution in [3.8, 4) is 0 Å². The van der Waals surface area contributed by atoms with Gasteiger partial charge in [-0.25, -0.2) is 0 Å². The van der Waals surface area contributed by atoms with Crippen LogP contribution in [-0.4, -0.2) is 40.8 Å². The van der Waals surface area contributed by atoms with Crippen LogP contribution in [0.5, 0.6) is 0 Å². The van der Waals surface area contributed by atoms with E-state index in [-0.39, 0.29) is 11.8 Å². The molecule has 1 fully saturated rings. The third-order valence-electron chi connectivity index (χ3n) is 4.62. The summed E-state index contributed by atoms with van der Waals surface area (Å²) < 4.78 is 0. The number of hydrogen-bond acceptors (Lipinski definition) is 5. The Morgan fingerprint density at radius 3 is 2.41 bits per heavy atom. The van der Waals surface area contributed by atoms with Gasteiger partial charge in [0.15, 0.2) is 0 Å². The van der Waals surface area contributed by atoms with E-state index < -0.39 is 24.3 Å². The molecule has 6 heteroatoms. The van der Waals surface area contributed by atoms with Crippen LogP contribution in [-0.2, 0) is 9.59 Å². The molecule has 3 atom stereocenters. The molecule has 0 aliphatic heterocycles. The van der Waals surface area contributed by atoms with Crippen molar-refractivity contribution in [2.45, 2.75) is 64.8 Å². The van der Waals surface area contributed by atoms with E-state index in [1.54, 1.807) is 6.08 Å². The number of aliphatic hydroxyl groups excluding tert-OH is 1. The van der Waals surface area contributed by atoms with Crippen LogP contribution in [0.3, 0.4) is 0 Å². The number of hydrogen-bond donors (Lipinski definition) is 4. The fraction of sp³-hybridized carbons (Fsp3) is 0.750. The molecule has 126 valence electrons. The monoisotopic (exact) mass is 312 g/mol. The first kappa shape index (κ1) is 18.8. The fourth-order valence-corrected chi connectivity index (χ4v) is 2.63. The van der Waals surface area contributed by atoms with Crippen molar-refractivity contribution < 1.29 is 19.8 Å². The summed E-state index contributed by atoms with van der Waals surface area (Å²) in [6.07, 6.45) is 5.91.